The molecule has 2 aromatic rings. The quantitative estimate of drug-likeness (QED) is 0.604. The van der Waals surface area contributed by atoms with Crippen LogP contribution in [-0.4, -0.2) is 32.1 Å². The SMILES string of the molecule is Cc1ccc(S(=O)(=O)NCC(=O)NN=Cc2cccnc2)cc1. The van der Waals surface area contributed by atoms with Crippen molar-refractivity contribution in [3.05, 3.63) is 59.9 Å². The fourth-order valence-corrected chi connectivity index (χ4v) is 2.61. The summed E-state index contributed by atoms with van der Waals surface area (Å²) in [5.74, 6) is -0.569. The number of pyridine rings is 1. The normalized spacial score (nSPS) is 11.5. The summed E-state index contributed by atoms with van der Waals surface area (Å²) in [5, 5.41) is 3.73. The largest absolute Gasteiger partial charge is 0.272 e. The Morgan fingerprint density at radius 1 is 1.26 bits per heavy atom. The molecule has 0 spiro atoms. The number of hydrogen-bond acceptors (Lipinski definition) is 5. The third-order valence-corrected chi connectivity index (χ3v) is 4.26. The maximum atomic E-state index is 12.0. The lowest BCUT2D eigenvalue weighted by molar-refractivity contribution is -0.119. The summed E-state index contributed by atoms with van der Waals surface area (Å²) in [5.41, 5.74) is 3.91. The first-order valence-electron chi connectivity index (χ1n) is 6.76. The topological polar surface area (TPSA) is 101 Å². The number of aryl methyl sites for hydroxylation is 1. The number of hydrogen-bond donors (Lipinski definition) is 2. The van der Waals surface area contributed by atoms with E-state index in [1.165, 1.54) is 18.3 Å². The Morgan fingerprint density at radius 2 is 2.00 bits per heavy atom. The Morgan fingerprint density at radius 3 is 2.65 bits per heavy atom. The number of carbonyl (C=O) groups is 1. The maximum absolute atomic E-state index is 12.0. The number of aromatic nitrogens is 1. The van der Waals surface area contributed by atoms with Gasteiger partial charge in [-0.15, -0.1) is 0 Å². The minimum Gasteiger partial charge on any atom is -0.272 e. The molecule has 0 atom stereocenters. The molecule has 23 heavy (non-hydrogen) atoms. The highest BCUT2D eigenvalue weighted by Crippen LogP contribution is 2.09. The van der Waals surface area contributed by atoms with Crippen LogP contribution in [-0.2, 0) is 14.8 Å². The van der Waals surface area contributed by atoms with Gasteiger partial charge in [0.1, 0.15) is 0 Å². The van der Waals surface area contributed by atoms with E-state index < -0.39 is 22.5 Å². The molecule has 0 aliphatic rings. The number of nitrogens with one attached hydrogen (secondary N) is 2. The Hall–Kier alpha value is -2.58. The third kappa shape index (κ3) is 5.28. The van der Waals surface area contributed by atoms with Gasteiger partial charge in [-0.1, -0.05) is 23.8 Å². The highest BCUT2D eigenvalue weighted by Gasteiger charge is 2.14. The van der Waals surface area contributed by atoms with Crippen LogP contribution in [0.1, 0.15) is 11.1 Å². The number of sulfonamides is 1. The second kappa shape index (κ2) is 7.61. The second-order valence-electron chi connectivity index (χ2n) is 4.72. The second-order valence-corrected chi connectivity index (χ2v) is 6.48. The van der Waals surface area contributed by atoms with Crippen molar-refractivity contribution < 1.29 is 13.2 Å². The zero-order valence-corrected chi connectivity index (χ0v) is 13.2. The number of hydrazone groups is 1. The average molecular weight is 332 g/mol. The molecule has 1 aromatic carbocycles. The van der Waals surface area contributed by atoms with Crippen molar-refractivity contribution in [1.82, 2.24) is 15.1 Å². The number of rotatable bonds is 6. The Labute approximate surface area is 134 Å². The molecule has 0 aliphatic carbocycles. The Balaban J connectivity index is 1.86. The highest BCUT2D eigenvalue weighted by molar-refractivity contribution is 7.89. The fourth-order valence-electron chi connectivity index (χ4n) is 1.63. The number of nitrogens with zero attached hydrogens (tertiary/aromatic N) is 2. The lowest BCUT2D eigenvalue weighted by Gasteiger charge is -2.06. The van der Waals surface area contributed by atoms with Crippen LogP contribution in [0, 0.1) is 6.92 Å². The molecule has 1 amide bonds. The number of carbonyl (C=O) groups excluding carboxylic acids is 1. The molecule has 1 aromatic heterocycles. The molecular weight excluding hydrogens is 316 g/mol. The first kappa shape index (κ1) is 16.8. The molecule has 0 saturated carbocycles. The van der Waals surface area contributed by atoms with E-state index in [9.17, 15) is 13.2 Å². The molecular formula is C15H16N4O3S. The maximum Gasteiger partial charge on any atom is 0.255 e. The molecule has 0 fully saturated rings. The van der Waals surface area contributed by atoms with Crippen LogP contribution in [0.4, 0.5) is 0 Å². The van der Waals surface area contributed by atoms with E-state index in [0.717, 1.165) is 5.56 Å². The summed E-state index contributed by atoms with van der Waals surface area (Å²) in [6.07, 6.45) is 4.62. The first-order valence-corrected chi connectivity index (χ1v) is 8.24. The van der Waals surface area contributed by atoms with Crippen molar-refractivity contribution in [3.8, 4) is 0 Å². The first-order chi connectivity index (χ1) is 11.0. The van der Waals surface area contributed by atoms with E-state index in [0.29, 0.717) is 5.56 Å². The van der Waals surface area contributed by atoms with Crippen molar-refractivity contribution in [3.63, 3.8) is 0 Å². The summed E-state index contributed by atoms with van der Waals surface area (Å²) >= 11 is 0. The molecule has 1 heterocycles. The Kier molecular flexibility index (Phi) is 5.56. The fraction of sp³-hybridized carbons (Fsp3) is 0.133. The van der Waals surface area contributed by atoms with Crippen LogP contribution in [0.3, 0.4) is 0 Å². The van der Waals surface area contributed by atoms with Crippen molar-refractivity contribution in [2.24, 2.45) is 5.10 Å². The van der Waals surface area contributed by atoms with Gasteiger partial charge in [-0.2, -0.15) is 5.10 Å². The van der Waals surface area contributed by atoms with Gasteiger partial charge in [0.15, 0.2) is 0 Å². The van der Waals surface area contributed by atoms with Crippen LogP contribution in [0.25, 0.3) is 0 Å². The van der Waals surface area contributed by atoms with Gasteiger partial charge < -0.3 is 0 Å². The van der Waals surface area contributed by atoms with Gasteiger partial charge in [0.25, 0.3) is 5.91 Å². The average Bonchev–Trinajstić information content (AvgIpc) is 2.54. The number of amides is 1. The zero-order chi connectivity index (χ0) is 16.7. The molecule has 7 nitrogen and oxygen atoms in total. The van der Waals surface area contributed by atoms with Crippen LogP contribution in [0.5, 0.6) is 0 Å². The molecule has 120 valence electrons. The third-order valence-electron chi connectivity index (χ3n) is 2.84. The van der Waals surface area contributed by atoms with Crippen molar-refractivity contribution >= 4 is 22.1 Å². The summed E-state index contributed by atoms with van der Waals surface area (Å²) in [6, 6.07) is 9.84. The molecule has 8 heteroatoms. The molecule has 0 unspecified atom stereocenters. The van der Waals surface area contributed by atoms with Gasteiger partial charge in [0, 0.05) is 18.0 Å². The van der Waals surface area contributed by atoms with Crippen LogP contribution in [0.2, 0.25) is 0 Å². The zero-order valence-electron chi connectivity index (χ0n) is 12.4. The molecule has 0 radical (unpaired) electrons. The Bertz CT molecular complexity index is 787. The van der Waals surface area contributed by atoms with Crippen molar-refractivity contribution in [1.29, 1.82) is 0 Å². The number of benzene rings is 1. The molecule has 0 saturated heterocycles. The van der Waals surface area contributed by atoms with Gasteiger partial charge in [0.2, 0.25) is 10.0 Å². The van der Waals surface area contributed by atoms with Gasteiger partial charge in [-0.05, 0) is 25.1 Å². The van der Waals surface area contributed by atoms with E-state index in [1.54, 1.807) is 36.7 Å². The van der Waals surface area contributed by atoms with Gasteiger partial charge in [-0.3, -0.25) is 9.78 Å². The van der Waals surface area contributed by atoms with Gasteiger partial charge >= 0.3 is 0 Å². The lowest BCUT2D eigenvalue weighted by Crippen LogP contribution is -2.34. The van der Waals surface area contributed by atoms with E-state index in [2.05, 4.69) is 20.2 Å². The summed E-state index contributed by atoms with van der Waals surface area (Å²) in [4.78, 5) is 15.6. The molecule has 2 rings (SSSR count). The smallest absolute Gasteiger partial charge is 0.255 e. The van der Waals surface area contributed by atoms with E-state index in [4.69, 9.17) is 0 Å². The van der Waals surface area contributed by atoms with Crippen LogP contribution < -0.4 is 10.1 Å². The standard InChI is InChI=1S/C15H16N4O3S/c1-12-4-6-14(7-5-12)23(21,22)18-11-15(20)19-17-10-13-3-2-8-16-9-13/h2-10,18H,11H2,1H3,(H,19,20). The lowest BCUT2D eigenvalue weighted by atomic mass is 10.2. The van der Waals surface area contributed by atoms with E-state index in [-0.39, 0.29) is 4.90 Å². The monoisotopic (exact) mass is 332 g/mol. The molecule has 0 bridgehead atoms. The van der Waals surface area contributed by atoms with Gasteiger partial charge in [-0.25, -0.2) is 18.6 Å². The van der Waals surface area contributed by atoms with Crippen molar-refractivity contribution in [2.45, 2.75) is 11.8 Å². The van der Waals surface area contributed by atoms with E-state index in [1.807, 2.05) is 6.92 Å². The van der Waals surface area contributed by atoms with Gasteiger partial charge in [0.05, 0.1) is 17.7 Å². The highest BCUT2D eigenvalue weighted by atomic mass is 32.2. The minimum absolute atomic E-state index is 0.106. The minimum atomic E-state index is -3.72. The predicted octanol–water partition coefficient (Wildman–Crippen LogP) is 0.819. The summed E-state index contributed by atoms with van der Waals surface area (Å²) < 4.78 is 26.2. The molecule has 2 N–H and O–H groups in total. The van der Waals surface area contributed by atoms with Crippen molar-refractivity contribution in [2.75, 3.05) is 6.54 Å². The van der Waals surface area contributed by atoms with Crippen LogP contribution in [0.15, 0.2) is 58.8 Å². The van der Waals surface area contributed by atoms with Crippen LogP contribution >= 0.6 is 0 Å². The molecule has 0 aliphatic heterocycles. The summed E-state index contributed by atoms with van der Waals surface area (Å²) in [7, 11) is -3.72. The van der Waals surface area contributed by atoms with E-state index >= 15 is 0 Å². The predicted molar refractivity (Wildman–Crippen MR) is 86.3 cm³/mol. The summed E-state index contributed by atoms with van der Waals surface area (Å²) in [6.45, 7) is 1.46.